The summed E-state index contributed by atoms with van der Waals surface area (Å²) < 4.78 is 5.07. The van der Waals surface area contributed by atoms with Crippen LogP contribution in [0.1, 0.15) is 11.1 Å². The van der Waals surface area contributed by atoms with Crippen molar-refractivity contribution in [2.24, 2.45) is 0 Å². The summed E-state index contributed by atoms with van der Waals surface area (Å²) in [6, 6.07) is 10.5. The second-order valence-electron chi connectivity index (χ2n) is 4.78. The molecule has 0 saturated heterocycles. The van der Waals surface area contributed by atoms with Crippen LogP contribution >= 0.6 is 0 Å². The molecular weight excluding hydrogens is 266 g/mol. The SMILES string of the molecule is COc1ccc(NC(=O)Nc2c(N)ccc(C)c2C)cc1. The maximum Gasteiger partial charge on any atom is 0.323 e. The van der Waals surface area contributed by atoms with Gasteiger partial charge in [-0.3, -0.25) is 0 Å². The van der Waals surface area contributed by atoms with Gasteiger partial charge in [-0.1, -0.05) is 6.07 Å². The molecule has 0 unspecified atom stereocenters. The summed E-state index contributed by atoms with van der Waals surface area (Å²) in [5.41, 5.74) is 9.80. The Morgan fingerprint density at radius 1 is 1.05 bits per heavy atom. The molecule has 0 aliphatic heterocycles. The Bertz CT molecular complexity index is 651. The van der Waals surface area contributed by atoms with Gasteiger partial charge in [0.2, 0.25) is 0 Å². The van der Waals surface area contributed by atoms with E-state index >= 15 is 0 Å². The Balaban J connectivity index is 2.09. The first kappa shape index (κ1) is 14.7. The molecule has 0 bridgehead atoms. The molecule has 110 valence electrons. The van der Waals surface area contributed by atoms with E-state index in [4.69, 9.17) is 10.5 Å². The lowest BCUT2D eigenvalue weighted by Gasteiger charge is -2.14. The summed E-state index contributed by atoms with van der Waals surface area (Å²) in [4.78, 5) is 12.0. The maximum absolute atomic E-state index is 12.0. The van der Waals surface area contributed by atoms with Gasteiger partial charge in [-0.15, -0.1) is 0 Å². The van der Waals surface area contributed by atoms with E-state index in [0.717, 1.165) is 16.9 Å². The van der Waals surface area contributed by atoms with Gasteiger partial charge in [0.1, 0.15) is 5.75 Å². The van der Waals surface area contributed by atoms with E-state index in [1.807, 2.05) is 19.9 Å². The van der Waals surface area contributed by atoms with Crippen LogP contribution in [0.25, 0.3) is 0 Å². The molecule has 5 nitrogen and oxygen atoms in total. The number of carbonyl (C=O) groups is 1. The third-order valence-electron chi connectivity index (χ3n) is 3.35. The third kappa shape index (κ3) is 3.45. The normalized spacial score (nSPS) is 10.0. The number of hydrogen-bond acceptors (Lipinski definition) is 3. The lowest BCUT2D eigenvalue weighted by molar-refractivity contribution is 0.262. The first-order valence-corrected chi connectivity index (χ1v) is 6.59. The van der Waals surface area contributed by atoms with Crippen molar-refractivity contribution >= 4 is 23.1 Å². The van der Waals surface area contributed by atoms with E-state index in [0.29, 0.717) is 17.1 Å². The highest BCUT2D eigenvalue weighted by atomic mass is 16.5. The number of benzene rings is 2. The molecule has 21 heavy (non-hydrogen) atoms. The Hall–Kier alpha value is -2.69. The number of carbonyl (C=O) groups excluding carboxylic acids is 1. The van der Waals surface area contributed by atoms with Crippen LogP contribution < -0.4 is 21.1 Å². The first-order valence-electron chi connectivity index (χ1n) is 6.59. The zero-order chi connectivity index (χ0) is 15.4. The molecule has 2 aromatic carbocycles. The Kier molecular flexibility index (Phi) is 4.33. The van der Waals surface area contributed by atoms with E-state index in [2.05, 4.69) is 10.6 Å². The minimum Gasteiger partial charge on any atom is -0.497 e. The minimum absolute atomic E-state index is 0.333. The Morgan fingerprint density at radius 2 is 1.71 bits per heavy atom. The summed E-state index contributed by atoms with van der Waals surface area (Å²) in [6.45, 7) is 3.90. The summed E-state index contributed by atoms with van der Waals surface area (Å²) in [6.07, 6.45) is 0. The van der Waals surface area contributed by atoms with Gasteiger partial charge in [0.05, 0.1) is 18.5 Å². The quantitative estimate of drug-likeness (QED) is 0.755. The number of amides is 2. The molecule has 0 heterocycles. The van der Waals surface area contributed by atoms with Gasteiger partial charge < -0.3 is 21.1 Å². The van der Waals surface area contributed by atoms with Crippen LogP contribution in [0.3, 0.4) is 0 Å². The fourth-order valence-corrected chi connectivity index (χ4v) is 1.95. The van der Waals surface area contributed by atoms with E-state index in [-0.39, 0.29) is 6.03 Å². The Labute approximate surface area is 124 Å². The van der Waals surface area contributed by atoms with Crippen LogP contribution in [-0.4, -0.2) is 13.1 Å². The number of anilines is 3. The number of nitrogens with two attached hydrogens (primary N) is 1. The average Bonchev–Trinajstić information content (AvgIpc) is 2.48. The maximum atomic E-state index is 12.0. The smallest absolute Gasteiger partial charge is 0.323 e. The zero-order valence-electron chi connectivity index (χ0n) is 12.4. The van der Waals surface area contributed by atoms with Crippen molar-refractivity contribution in [2.75, 3.05) is 23.5 Å². The van der Waals surface area contributed by atoms with Crippen molar-refractivity contribution in [3.8, 4) is 5.75 Å². The first-order chi connectivity index (χ1) is 10.0. The van der Waals surface area contributed by atoms with Gasteiger partial charge in [0, 0.05) is 5.69 Å². The minimum atomic E-state index is -0.333. The number of urea groups is 1. The highest BCUT2D eigenvalue weighted by molar-refractivity contribution is 6.02. The number of hydrogen-bond donors (Lipinski definition) is 3. The predicted octanol–water partition coefficient (Wildman–Crippen LogP) is 3.54. The second-order valence-corrected chi connectivity index (χ2v) is 4.78. The lowest BCUT2D eigenvalue weighted by Crippen LogP contribution is -2.21. The van der Waals surface area contributed by atoms with Crippen LogP contribution in [0.4, 0.5) is 21.9 Å². The van der Waals surface area contributed by atoms with E-state index < -0.39 is 0 Å². The molecular formula is C16H19N3O2. The molecule has 0 spiro atoms. The number of nitrogen functional groups attached to an aromatic ring is 1. The fourth-order valence-electron chi connectivity index (χ4n) is 1.95. The van der Waals surface area contributed by atoms with Crippen LogP contribution in [0.5, 0.6) is 5.75 Å². The Morgan fingerprint density at radius 3 is 2.33 bits per heavy atom. The zero-order valence-corrected chi connectivity index (χ0v) is 12.4. The van der Waals surface area contributed by atoms with E-state index in [9.17, 15) is 4.79 Å². The molecule has 0 aliphatic rings. The van der Waals surface area contributed by atoms with Crippen molar-refractivity contribution in [2.45, 2.75) is 13.8 Å². The molecule has 0 fully saturated rings. The van der Waals surface area contributed by atoms with Gasteiger partial charge in [-0.2, -0.15) is 0 Å². The van der Waals surface area contributed by atoms with Gasteiger partial charge >= 0.3 is 6.03 Å². The third-order valence-corrected chi connectivity index (χ3v) is 3.35. The van der Waals surface area contributed by atoms with Crippen LogP contribution in [0.15, 0.2) is 36.4 Å². The summed E-state index contributed by atoms with van der Waals surface area (Å²) in [7, 11) is 1.60. The molecule has 0 aliphatic carbocycles. The summed E-state index contributed by atoms with van der Waals surface area (Å²) in [5.74, 6) is 0.736. The largest absolute Gasteiger partial charge is 0.497 e. The molecule has 4 N–H and O–H groups in total. The van der Waals surface area contributed by atoms with Crippen LogP contribution in [0, 0.1) is 13.8 Å². The van der Waals surface area contributed by atoms with E-state index in [1.165, 1.54) is 0 Å². The van der Waals surface area contributed by atoms with Crippen molar-refractivity contribution in [3.63, 3.8) is 0 Å². The summed E-state index contributed by atoms with van der Waals surface area (Å²) in [5, 5.41) is 5.54. The molecule has 2 rings (SSSR count). The fraction of sp³-hybridized carbons (Fsp3) is 0.188. The highest BCUT2D eigenvalue weighted by Gasteiger charge is 2.09. The molecule has 0 radical (unpaired) electrons. The van der Waals surface area contributed by atoms with Gasteiger partial charge in [0.25, 0.3) is 0 Å². The predicted molar refractivity (Wildman–Crippen MR) is 86.0 cm³/mol. The molecule has 0 aromatic heterocycles. The van der Waals surface area contributed by atoms with Crippen molar-refractivity contribution in [1.82, 2.24) is 0 Å². The number of aryl methyl sites for hydroxylation is 1. The average molecular weight is 285 g/mol. The second kappa shape index (κ2) is 6.17. The van der Waals surface area contributed by atoms with E-state index in [1.54, 1.807) is 37.4 Å². The van der Waals surface area contributed by atoms with Crippen molar-refractivity contribution in [1.29, 1.82) is 0 Å². The molecule has 2 amide bonds. The van der Waals surface area contributed by atoms with Gasteiger partial charge in [0.15, 0.2) is 0 Å². The molecule has 2 aromatic rings. The number of ether oxygens (including phenoxy) is 1. The molecule has 0 saturated carbocycles. The van der Waals surface area contributed by atoms with Crippen LogP contribution in [-0.2, 0) is 0 Å². The number of methoxy groups -OCH3 is 1. The van der Waals surface area contributed by atoms with Gasteiger partial charge in [-0.25, -0.2) is 4.79 Å². The lowest BCUT2D eigenvalue weighted by atomic mass is 10.1. The van der Waals surface area contributed by atoms with Crippen molar-refractivity contribution < 1.29 is 9.53 Å². The highest BCUT2D eigenvalue weighted by Crippen LogP contribution is 2.26. The molecule has 5 heteroatoms. The standard InChI is InChI=1S/C16H19N3O2/c1-10-4-9-14(17)15(11(10)2)19-16(20)18-12-5-7-13(21-3)8-6-12/h4-9H,17H2,1-3H3,(H2,18,19,20). The topological polar surface area (TPSA) is 76.4 Å². The molecule has 0 atom stereocenters. The van der Waals surface area contributed by atoms with Crippen molar-refractivity contribution in [3.05, 3.63) is 47.5 Å². The van der Waals surface area contributed by atoms with Crippen LogP contribution in [0.2, 0.25) is 0 Å². The number of rotatable bonds is 3. The monoisotopic (exact) mass is 285 g/mol. The summed E-state index contributed by atoms with van der Waals surface area (Å²) >= 11 is 0. The number of nitrogens with one attached hydrogen (secondary N) is 2. The van der Waals surface area contributed by atoms with Gasteiger partial charge in [-0.05, 0) is 55.3 Å².